The molecule has 0 aliphatic heterocycles. The molecule has 24 heavy (non-hydrogen) atoms. The number of benzene rings is 2. The van der Waals surface area contributed by atoms with Gasteiger partial charge in [-0.05, 0) is 42.8 Å². The summed E-state index contributed by atoms with van der Waals surface area (Å²) in [5.41, 5.74) is 2.55. The van der Waals surface area contributed by atoms with Crippen LogP contribution in [0.5, 0.6) is 5.75 Å². The molecule has 7 heteroatoms. The predicted molar refractivity (Wildman–Crippen MR) is 94.8 cm³/mol. The highest BCUT2D eigenvalue weighted by molar-refractivity contribution is 6.42. The number of aromatic amines is 1. The number of amides is 1. The highest BCUT2D eigenvalue weighted by atomic mass is 35.5. The molecule has 3 aromatic rings. The van der Waals surface area contributed by atoms with E-state index in [1.54, 1.807) is 43.3 Å². The molecule has 0 saturated heterocycles. The molecule has 0 bridgehead atoms. The van der Waals surface area contributed by atoms with Crippen LogP contribution in [0.4, 0.5) is 5.69 Å². The number of phenols is 1. The number of phenolic OH excluding ortho intramolecular Hbond substituents is 1. The molecule has 0 aliphatic carbocycles. The number of hydrogen-bond donors (Lipinski definition) is 3. The average Bonchev–Trinajstić information content (AvgIpc) is 3.03. The lowest BCUT2D eigenvalue weighted by Gasteiger charge is -2.05. The second-order valence-electron chi connectivity index (χ2n) is 5.22. The van der Waals surface area contributed by atoms with Crippen molar-refractivity contribution in [1.82, 2.24) is 10.2 Å². The van der Waals surface area contributed by atoms with E-state index in [9.17, 15) is 9.90 Å². The van der Waals surface area contributed by atoms with Gasteiger partial charge in [-0.25, -0.2) is 0 Å². The molecule has 3 N–H and O–H groups in total. The van der Waals surface area contributed by atoms with E-state index in [0.717, 1.165) is 5.56 Å². The number of aryl methyl sites for hydroxylation is 1. The Morgan fingerprint density at radius 2 is 1.96 bits per heavy atom. The molecule has 0 unspecified atom stereocenters. The fourth-order valence-corrected chi connectivity index (χ4v) is 2.51. The fourth-order valence-electron chi connectivity index (χ4n) is 2.21. The van der Waals surface area contributed by atoms with Crippen LogP contribution < -0.4 is 5.32 Å². The van der Waals surface area contributed by atoms with Crippen molar-refractivity contribution in [2.24, 2.45) is 0 Å². The second kappa shape index (κ2) is 6.55. The third-order valence-corrected chi connectivity index (χ3v) is 4.25. The van der Waals surface area contributed by atoms with Crippen LogP contribution in [0.1, 0.15) is 16.1 Å². The maximum atomic E-state index is 12.3. The summed E-state index contributed by atoms with van der Waals surface area (Å²) in [6, 6.07) is 11.7. The number of anilines is 1. The van der Waals surface area contributed by atoms with Gasteiger partial charge in [-0.1, -0.05) is 35.3 Å². The SMILES string of the molecule is Cc1cccc(-c2cc(C(=O)Nc3ccc(Cl)c(Cl)c3)[nH]n2)c1O. The first-order valence-electron chi connectivity index (χ1n) is 7.06. The summed E-state index contributed by atoms with van der Waals surface area (Å²) in [6.45, 7) is 1.80. The van der Waals surface area contributed by atoms with Gasteiger partial charge >= 0.3 is 0 Å². The van der Waals surface area contributed by atoms with Crippen molar-refractivity contribution in [1.29, 1.82) is 0 Å². The van der Waals surface area contributed by atoms with Gasteiger partial charge < -0.3 is 10.4 Å². The lowest BCUT2D eigenvalue weighted by atomic mass is 10.1. The Balaban J connectivity index is 1.83. The van der Waals surface area contributed by atoms with Crippen molar-refractivity contribution >= 4 is 34.8 Å². The van der Waals surface area contributed by atoms with Gasteiger partial charge in [0.2, 0.25) is 0 Å². The Hall–Kier alpha value is -2.50. The van der Waals surface area contributed by atoms with Crippen molar-refractivity contribution in [3.63, 3.8) is 0 Å². The van der Waals surface area contributed by atoms with Crippen molar-refractivity contribution < 1.29 is 9.90 Å². The zero-order chi connectivity index (χ0) is 17.3. The number of H-pyrrole nitrogens is 1. The average molecular weight is 362 g/mol. The summed E-state index contributed by atoms with van der Waals surface area (Å²) in [4.78, 5) is 12.3. The molecule has 0 radical (unpaired) electrons. The molecule has 3 rings (SSSR count). The molecular weight excluding hydrogens is 349 g/mol. The number of halogens is 2. The maximum absolute atomic E-state index is 12.3. The number of carbonyl (C=O) groups excluding carboxylic acids is 1. The first-order chi connectivity index (χ1) is 11.5. The molecule has 1 aromatic heterocycles. The minimum Gasteiger partial charge on any atom is -0.507 e. The van der Waals surface area contributed by atoms with Gasteiger partial charge in [-0.15, -0.1) is 0 Å². The molecule has 0 atom stereocenters. The number of para-hydroxylation sites is 1. The molecule has 1 heterocycles. The third-order valence-electron chi connectivity index (χ3n) is 3.51. The van der Waals surface area contributed by atoms with Crippen LogP contribution in [0.25, 0.3) is 11.3 Å². The largest absolute Gasteiger partial charge is 0.507 e. The number of nitrogens with one attached hydrogen (secondary N) is 2. The van der Waals surface area contributed by atoms with Crippen LogP contribution in [0.3, 0.4) is 0 Å². The summed E-state index contributed by atoms with van der Waals surface area (Å²) >= 11 is 11.8. The quantitative estimate of drug-likeness (QED) is 0.635. The molecule has 0 spiro atoms. The molecule has 1 amide bonds. The minimum absolute atomic E-state index is 0.139. The lowest BCUT2D eigenvalue weighted by Crippen LogP contribution is -2.12. The number of aromatic nitrogens is 2. The fraction of sp³-hybridized carbons (Fsp3) is 0.0588. The summed E-state index contributed by atoms with van der Waals surface area (Å²) in [7, 11) is 0. The van der Waals surface area contributed by atoms with Crippen LogP contribution in [-0.2, 0) is 0 Å². The van der Waals surface area contributed by atoms with Gasteiger partial charge in [0.1, 0.15) is 11.4 Å². The summed E-state index contributed by atoms with van der Waals surface area (Å²) in [5, 5.41) is 20.3. The van der Waals surface area contributed by atoms with Crippen molar-refractivity contribution in [2.45, 2.75) is 6.92 Å². The summed E-state index contributed by atoms with van der Waals surface area (Å²) in [5.74, 6) is -0.236. The summed E-state index contributed by atoms with van der Waals surface area (Å²) < 4.78 is 0. The molecule has 2 aromatic carbocycles. The van der Waals surface area contributed by atoms with E-state index >= 15 is 0 Å². The minimum atomic E-state index is -0.376. The van der Waals surface area contributed by atoms with Gasteiger partial charge in [0.05, 0.1) is 15.7 Å². The van der Waals surface area contributed by atoms with E-state index in [4.69, 9.17) is 23.2 Å². The molecular formula is C17H13Cl2N3O2. The van der Waals surface area contributed by atoms with E-state index in [0.29, 0.717) is 27.0 Å². The summed E-state index contributed by atoms with van der Waals surface area (Å²) in [6.07, 6.45) is 0. The zero-order valence-electron chi connectivity index (χ0n) is 12.6. The Labute approximate surface area is 148 Å². The van der Waals surface area contributed by atoms with Crippen LogP contribution in [0.2, 0.25) is 10.0 Å². The Kier molecular flexibility index (Phi) is 4.46. The Morgan fingerprint density at radius 3 is 2.71 bits per heavy atom. The van der Waals surface area contributed by atoms with E-state index in [2.05, 4.69) is 15.5 Å². The van der Waals surface area contributed by atoms with E-state index in [-0.39, 0.29) is 17.4 Å². The zero-order valence-corrected chi connectivity index (χ0v) is 14.1. The van der Waals surface area contributed by atoms with Crippen LogP contribution in [0.15, 0.2) is 42.5 Å². The van der Waals surface area contributed by atoms with E-state index < -0.39 is 0 Å². The maximum Gasteiger partial charge on any atom is 0.273 e. The Morgan fingerprint density at radius 1 is 1.17 bits per heavy atom. The first kappa shape index (κ1) is 16.4. The first-order valence-corrected chi connectivity index (χ1v) is 7.82. The third kappa shape index (κ3) is 3.22. The van der Waals surface area contributed by atoms with Crippen LogP contribution in [-0.4, -0.2) is 21.2 Å². The topological polar surface area (TPSA) is 78.0 Å². The van der Waals surface area contributed by atoms with Crippen molar-refractivity contribution in [3.05, 3.63) is 63.8 Å². The van der Waals surface area contributed by atoms with E-state index in [1.807, 2.05) is 6.07 Å². The van der Waals surface area contributed by atoms with Gasteiger partial charge in [0.15, 0.2) is 0 Å². The van der Waals surface area contributed by atoms with Crippen molar-refractivity contribution in [3.8, 4) is 17.0 Å². The number of nitrogens with zero attached hydrogens (tertiary/aromatic N) is 1. The van der Waals surface area contributed by atoms with Crippen LogP contribution >= 0.6 is 23.2 Å². The van der Waals surface area contributed by atoms with Gasteiger partial charge in [-0.2, -0.15) is 5.10 Å². The van der Waals surface area contributed by atoms with E-state index in [1.165, 1.54) is 0 Å². The number of carbonyl (C=O) groups is 1. The number of aromatic hydroxyl groups is 1. The lowest BCUT2D eigenvalue weighted by molar-refractivity contribution is 0.102. The normalized spacial score (nSPS) is 10.6. The highest BCUT2D eigenvalue weighted by Gasteiger charge is 2.14. The van der Waals surface area contributed by atoms with Crippen molar-refractivity contribution in [2.75, 3.05) is 5.32 Å². The smallest absolute Gasteiger partial charge is 0.273 e. The standard InChI is InChI=1S/C17H13Cl2N3O2/c1-9-3-2-4-11(16(9)23)14-8-15(22-21-14)17(24)20-10-5-6-12(18)13(19)7-10/h2-8,23H,1H3,(H,20,24)(H,21,22). The van der Waals surface area contributed by atoms with Gasteiger partial charge in [0, 0.05) is 11.3 Å². The number of rotatable bonds is 3. The monoisotopic (exact) mass is 361 g/mol. The molecule has 5 nitrogen and oxygen atoms in total. The molecule has 0 fully saturated rings. The molecule has 0 saturated carbocycles. The van der Waals surface area contributed by atoms with Crippen LogP contribution in [0, 0.1) is 6.92 Å². The predicted octanol–water partition coefficient (Wildman–Crippen LogP) is 4.65. The molecule has 0 aliphatic rings. The van der Waals surface area contributed by atoms with Gasteiger partial charge in [-0.3, -0.25) is 9.89 Å². The van der Waals surface area contributed by atoms with Gasteiger partial charge in [0.25, 0.3) is 5.91 Å². The highest BCUT2D eigenvalue weighted by Crippen LogP contribution is 2.31. The number of hydrogen-bond acceptors (Lipinski definition) is 3. The molecule has 122 valence electrons. The second-order valence-corrected chi connectivity index (χ2v) is 6.04. The Bertz CT molecular complexity index is 922.